The van der Waals surface area contributed by atoms with E-state index in [1.807, 2.05) is 29.8 Å². The maximum Gasteiger partial charge on any atom is 0.319 e. The van der Waals surface area contributed by atoms with E-state index in [2.05, 4.69) is 26.6 Å². The number of piperidine rings is 1. The first-order valence-corrected chi connectivity index (χ1v) is 8.56. The normalized spacial score (nSPS) is 22.0. The number of carbonyl (C=O) groups is 1. The van der Waals surface area contributed by atoms with E-state index < -0.39 is 0 Å². The van der Waals surface area contributed by atoms with Crippen molar-refractivity contribution in [3.8, 4) is 0 Å². The number of amides is 2. The quantitative estimate of drug-likeness (QED) is 0.908. The molecule has 2 aromatic rings. The molecule has 1 aliphatic carbocycles. The summed E-state index contributed by atoms with van der Waals surface area (Å²) in [4.78, 5) is 18.8. The number of anilines is 2. The third-order valence-corrected chi connectivity index (χ3v) is 5.22. The molecular weight excluding hydrogens is 302 g/mol. The predicted octanol–water partition coefficient (Wildman–Crippen LogP) is 2.73. The average molecular weight is 325 g/mol. The zero-order valence-electron chi connectivity index (χ0n) is 13.9. The van der Waals surface area contributed by atoms with Crippen molar-refractivity contribution in [3.05, 3.63) is 42.5 Å². The van der Waals surface area contributed by atoms with Gasteiger partial charge in [-0.15, -0.1) is 0 Å². The summed E-state index contributed by atoms with van der Waals surface area (Å²) in [7, 11) is 1.92. The van der Waals surface area contributed by atoms with Crippen molar-refractivity contribution in [3.63, 3.8) is 0 Å². The number of aryl methyl sites for hydroxylation is 1. The first-order chi connectivity index (χ1) is 11.7. The van der Waals surface area contributed by atoms with Crippen LogP contribution in [0.1, 0.15) is 25.0 Å². The lowest BCUT2D eigenvalue weighted by Crippen LogP contribution is -2.34. The van der Waals surface area contributed by atoms with Gasteiger partial charge in [0.1, 0.15) is 0 Å². The van der Waals surface area contributed by atoms with Gasteiger partial charge in [-0.05, 0) is 37.3 Å². The monoisotopic (exact) mass is 325 g/mol. The van der Waals surface area contributed by atoms with Gasteiger partial charge in [0.05, 0.1) is 29.9 Å². The highest BCUT2D eigenvalue weighted by molar-refractivity contribution is 5.93. The molecule has 1 saturated heterocycles. The van der Waals surface area contributed by atoms with Crippen LogP contribution in [0.2, 0.25) is 0 Å². The highest BCUT2D eigenvalue weighted by Gasteiger charge is 2.38. The molecule has 2 bridgehead atoms. The van der Waals surface area contributed by atoms with Crippen LogP contribution in [0.5, 0.6) is 0 Å². The van der Waals surface area contributed by atoms with Gasteiger partial charge in [0, 0.05) is 25.8 Å². The van der Waals surface area contributed by atoms with Crippen molar-refractivity contribution in [2.75, 3.05) is 16.8 Å². The molecule has 126 valence electrons. The van der Waals surface area contributed by atoms with Gasteiger partial charge >= 0.3 is 6.03 Å². The number of imidazole rings is 1. The summed E-state index contributed by atoms with van der Waals surface area (Å²) in [5.74, 6) is 0.821. The van der Waals surface area contributed by atoms with E-state index >= 15 is 0 Å². The molecule has 2 atom stereocenters. The molecule has 4 rings (SSSR count). The smallest absolute Gasteiger partial charge is 0.319 e. The summed E-state index contributed by atoms with van der Waals surface area (Å²) in [6, 6.07) is 8.54. The van der Waals surface area contributed by atoms with Gasteiger partial charge in [-0.25, -0.2) is 9.78 Å². The van der Waals surface area contributed by atoms with Crippen LogP contribution < -0.4 is 15.5 Å². The number of rotatable bonds is 4. The van der Waals surface area contributed by atoms with Crippen LogP contribution >= 0.6 is 0 Å². The van der Waals surface area contributed by atoms with Crippen LogP contribution in [-0.4, -0.2) is 28.2 Å². The number of urea groups is 1. The minimum atomic E-state index is -0.187. The van der Waals surface area contributed by atoms with E-state index in [9.17, 15) is 4.79 Å². The Morgan fingerprint density at radius 1 is 1.33 bits per heavy atom. The fourth-order valence-corrected chi connectivity index (χ4v) is 3.94. The minimum Gasteiger partial charge on any atom is -0.367 e. The Hall–Kier alpha value is -2.50. The lowest BCUT2D eigenvalue weighted by atomic mass is 10.1. The number of aromatic nitrogens is 2. The SMILES string of the molecule is Cn1cncc1CNC(=O)Nc1ccccc1N1C[C@H]2CC[C@H]1C2. The van der Waals surface area contributed by atoms with Crippen molar-refractivity contribution in [2.24, 2.45) is 13.0 Å². The fourth-order valence-electron chi connectivity index (χ4n) is 3.94. The Labute approximate surface area is 141 Å². The highest BCUT2D eigenvalue weighted by Crippen LogP contribution is 2.42. The topological polar surface area (TPSA) is 62.2 Å². The summed E-state index contributed by atoms with van der Waals surface area (Å²) < 4.78 is 1.90. The molecule has 1 aromatic carbocycles. The number of para-hydroxylation sites is 2. The molecule has 2 heterocycles. The van der Waals surface area contributed by atoms with Crippen LogP contribution in [0.4, 0.5) is 16.2 Å². The lowest BCUT2D eigenvalue weighted by molar-refractivity contribution is 0.251. The van der Waals surface area contributed by atoms with Crippen LogP contribution in [0.25, 0.3) is 0 Å². The Morgan fingerprint density at radius 2 is 2.21 bits per heavy atom. The highest BCUT2D eigenvalue weighted by atomic mass is 16.2. The maximum absolute atomic E-state index is 12.3. The number of nitrogens with zero attached hydrogens (tertiary/aromatic N) is 3. The molecule has 1 saturated carbocycles. The fraction of sp³-hybridized carbons (Fsp3) is 0.444. The van der Waals surface area contributed by atoms with E-state index in [1.54, 1.807) is 12.5 Å². The van der Waals surface area contributed by atoms with Crippen LogP contribution in [0.3, 0.4) is 0 Å². The second-order valence-electron chi connectivity index (χ2n) is 6.81. The number of benzene rings is 1. The van der Waals surface area contributed by atoms with E-state index in [0.717, 1.165) is 29.5 Å². The molecule has 2 aliphatic rings. The summed E-state index contributed by atoms with van der Waals surface area (Å²) >= 11 is 0. The van der Waals surface area contributed by atoms with Gasteiger partial charge in [0.25, 0.3) is 0 Å². The summed E-state index contributed by atoms with van der Waals surface area (Å²) in [6.07, 6.45) is 7.40. The first kappa shape index (κ1) is 15.1. The number of hydrogen-bond donors (Lipinski definition) is 2. The summed E-state index contributed by atoms with van der Waals surface area (Å²) in [5.41, 5.74) is 2.99. The first-order valence-electron chi connectivity index (χ1n) is 8.56. The van der Waals surface area contributed by atoms with Crippen LogP contribution in [0, 0.1) is 5.92 Å². The molecule has 1 aliphatic heterocycles. The van der Waals surface area contributed by atoms with Crippen LogP contribution in [-0.2, 0) is 13.6 Å². The second kappa shape index (κ2) is 6.19. The molecule has 6 nitrogen and oxygen atoms in total. The predicted molar refractivity (Wildman–Crippen MR) is 94.0 cm³/mol. The average Bonchev–Trinajstić information content (AvgIpc) is 3.30. The lowest BCUT2D eigenvalue weighted by Gasteiger charge is -2.31. The zero-order chi connectivity index (χ0) is 16.5. The van der Waals surface area contributed by atoms with Gasteiger partial charge < -0.3 is 20.1 Å². The summed E-state index contributed by atoms with van der Waals surface area (Å²) in [6.45, 7) is 1.57. The Balaban J connectivity index is 1.43. The van der Waals surface area contributed by atoms with Gasteiger partial charge in [-0.1, -0.05) is 12.1 Å². The Kier molecular flexibility index (Phi) is 3.88. The standard InChI is InChI=1S/C18H23N5O/c1-22-12-19-9-15(22)10-20-18(24)21-16-4-2-3-5-17(16)23-11-13-6-7-14(23)8-13/h2-5,9,12-14H,6-8,10-11H2,1H3,(H2,20,21,24)/t13-,14-/m0/s1. The zero-order valence-corrected chi connectivity index (χ0v) is 13.9. The van der Waals surface area contributed by atoms with Crippen LogP contribution in [0.15, 0.2) is 36.8 Å². The van der Waals surface area contributed by atoms with Crippen molar-refractivity contribution >= 4 is 17.4 Å². The third-order valence-electron chi connectivity index (χ3n) is 5.22. The molecule has 2 N–H and O–H groups in total. The third kappa shape index (κ3) is 2.84. The molecule has 1 aromatic heterocycles. The van der Waals surface area contributed by atoms with Gasteiger partial charge in [0.2, 0.25) is 0 Å². The maximum atomic E-state index is 12.3. The molecule has 6 heteroatoms. The van der Waals surface area contributed by atoms with Gasteiger partial charge in [-0.2, -0.15) is 0 Å². The summed E-state index contributed by atoms with van der Waals surface area (Å²) in [5, 5.41) is 5.90. The molecular formula is C18H23N5O. The molecule has 0 radical (unpaired) electrons. The Morgan fingerprint density at radius 3 is 2.92 bits per heavy atom. The molecule has 2 fully saturated rings. The number of hydrogen-bond acceptors (Lipinski definition) is 3. The minimum absolute atomic E-state index is 0.187. The number of carbonyl (C=O) groups excluding carboxylic acids is 1. The van der Waals surface area contributed by atoms with E-state index in [-0.39, 0.29) is 6.03 Å². The van der Waals surface area contributed by atoms with Gasteiger partial charge in [-0.3, -0.25) is 0 Å². The largest absolute Gasteiger partial charge is 0.367 e. The second-order valence-corrected chi connectivity index (χ2v) is 6.81. The van der Waals surface area contributed by atoms with E-state index in [1.165, 1.54) is 19.3 Å². The number of nitrogens with one attached hydrogen (secondary N) is 2. The Bertz CT molecular complexity index is 741. The molecule has 24 heavy (non-hydrogen) atoms. The molecule has 0 unspecified atom stereocenters. The number of fused-ring (bicyclic) bond motifs is 2. The van der Waals surface area contributed by atoms with E-state index in [4.69, 9.17) is 0 Å². The van der Waals surface area contributed by atoms with Crippen molar-refractivity contribution in [2.45, 2.75) is 31.8 Å². The molecule has 2 amide bonds. The van der Waals surface area contributed by atoms with Crippen molar-refractivity contribution in [1.29, 1.82) is 0 Å². The molecule has 0 spiro atoms. The van der Waals surface area contributed by atoms with E-state index in [0.29, 0.717) is 12.6 Å². The van der Waals surface area contributed by atoms with Crippen molar-refractivity contribution in [1.82, 2.24) is 14.9 Å². The van der Waals surface area contributed by atoms with Gasteiger partial charge in [0.15, 0.2) is 0 Å². The van der Waals surface area contributed by atoms with Crippen molar-refractivity contribution < 1.29 is 4.79 Å².